The van der Waals surface area contributed by atoms with E-state index in [9.17, 15) is 9.59 Å². The molecule has 2 aromatic rings. The molecule has 0 radical (unpaired) electrons. The van der Waals surface area contributed by atoms with Crippen LogP contribution in [0.1, 0.15) is 39.3 Å². The van der Waals surface area contributed by atoms with E-state index in [-0.39, 0.29) is 22.6 Å². The van der Waals surface area contributed by atoms with Crippen LogP contribution in [0.15, 0.2) is 46.1 Å². The van der Waals surface area contributed by atoms with E-state index in [1.165, 1.54) is 0 Å². The maximum atomic E-state index is 12.3. The molecule has 0 bridgehead atoms. The molecule has 1 atom stereocenters. The van der Waals surface area contributed by atoms with Gasteiger partial charge in [-0.25, -0.2) is 4.68 Å². The number of aromatic nitrogens is 3. The van der Waals surface area contributed by atoms with Crippen molar-refractivity contribution >= 4 is 0 Å². The molecule has 0 N–H and O–H groups in total. The average molecular weight is 356 g/mol. The van der Waals surface area contributed by atoms with Crippen molar-refractivity contribution in [2.75, 3.05) is 13.1 Å². The van der Waals surface area contributed by atoms with Crippen LogP contribution in [0.3, 0.4) is 0 Å². The van der Waals surface area contributed by atoms with Gasteiger partial charge in [0.15, 0.2) is 0 Å². The highest BCUT2D eigenvalue weighted by molar-refractivity contribution is 5.10. The summed E-state index contributed by atoms with van der Waals surface area (Å²) < 4.78 is 3.35. The van der Waals surface area contributed by atoms with Crippen molar-refractivity contribution in [1.29, 1.82) is 0 Å². The fourth-order valence-electron chi connectivity index (χ4n) is 3.46. The van der Waals surface area contributed by atoms with E-state index in [1.807, 2.05) is 18.3 Å². The van der Waals surface area contributed by atoms with Crippen molar-refractivity contribution < 1.29 is 0 Å². The van der Waals surface area contributed by atoms with Crippen LogP contribution in [0.4, 0.5) is 0 Å². The Labute approximate surface area is 154 Å². The van der Waals surface area contributed by atoms with E-state index in [2.05, 4.69) is 30.8 Å². The number of nitrogens with zero attached hydrogens (tertiary/aromatic N) is 4. The Morgan fingerprint density at radius 2 is 1.88 bits per heavy atom. The lowest BCUT2D eigenvalue weighted by atomic mass is 9.92. The Kier molecular flexibility index (Phi) is 5.41. The Morgan fingerprint density at radius 1 is 1.08 bits per heavy atom. The summed E-state index contributed by atoms with van der Waals surface area (Å²) in [6.45, 7) is 9.38. The van der Waals surface area contributed by atoms with Gasteiger partial charge in [-0.15, -0.1) is 0 Å². The summed E-state index contributed by atoms with van der Waals surface area (Å²) in [4.78, 5) is 26.5. The first-order chi connectivity index (χ1) is 12.3. The van der Waals surface area contributed by atoms with Crippen molar-refractivity contribution in [3.8, 4) is 0 Å². The fourth-order valence-corrected chi connectivity index (χ4v) is 3.46. The third-order valence-electron chi connectivity index (χ3n) is 5.04. The van der Waals surface area contributed by atoms with Crippen molar-refractivity contribution in [2.24, 2.45) is 0 Å². The summed E-state index contributed by atoms with van der Waals surface area (Å²) in [5.41, 5.74) is 0.819. The zero-order valence-corrected chi connectivity index (χ0v) is 15.9. The number of pyridine rings is 1. The Hall–Kier alpha value is -2.21. The van der Waals surface area contributed by atoms with Crippen molar-refractivity contribution in [3.05, 3.63) is 62.9 Å². The third kappa shape index (κ3) is 4.30. The van der Waals surface area contributed by atoms with E-state index in [0.29, 0.717) is 13.1 Å². The van der Waals surface area contributed by atoms with E-state index >= 15 is 0 Å². The van der Waals surface area contributed by atoms with Gasteiger partial charge in [-0.3, -0.25) is 14.5 Å². The molecule has 1 saturated heterocycles. The molecule has 3 heterocycles. The lowest BCUT2D eigenvalue weighted by molar-refractivity contribution is 0.215. The van der Waals surface area contributed by atoms with Gasteiger partial charge >= 0.3 is 0 Å². The minimum absolute atomic E-state index is 0.0269. The molecule has 0 aromatic carbocycles. The maximum Gasteiger partial charge on any atom is 0.266 e. The van der Waals surface area contributed by atoms with Gasteiger partial charge in [-0.1, -0.05) is 26.8 Å². The molecule has 2 aromatic heterocycles. The topological polar surface area (TPSA) is 60.1 Å². The summed E-state index contributed by atoms with van der Waals surface area (Å²) in [6.07, 6.45) is 3.99. The summed E-state index contributed by atoms with van der Waals surface area (Å²) in [5, 5.41) is 4.60. The van der Waals surface area contributed by atoms with Crippen LogP contribution in [0.5, 0.6) is 0 Å². The number of rotatable bonds is 5. The summed E-state index contributed by atoms with van der Waals surface area (Å²) >= 11 is 0. The second kappa shape index (κ2) is 7.58. The quantitative estimate of drug-likeness (QED) is 0.821. The van der Waals surface area contributed by atoms with E-state index in [4.69, 9.17) is 0 Å². The summed E-state index contributed by atoms with van der Waals surface area (Å²) in [5.74, 6) is 0. The smallest absolute Gasteiger partial charge is 0.266 e. The zero-order chi connectivity index (χ0) is 18.7. The lowest BCUT2D eigenvalue weighted by Gasteiger charge is -2.25. The zero-order valence-electron chi connectivity index (χ0n) is 15.9. The molecule has 140 valence electrons. The monoisotopic (exact) mass is 356 g/mol. The highest BCUT2D eigenvalue weighted by atomic mass is 16.1. The van der Waals surface area contributed by atoms with Crippen LogP contribution >= 0.6 is 0 Å². The molecule has 1 fully saturated rings. The van der Waals surface area contributed by atoms with Gasteiger partial charge in [0, 0.05) is 42.9 Å². The largest absolute Gasteiger partial charge is 0.314 e. The molecular formula is C20H28N4O2. The van der Waals surface area contributed by atoms with Gasteiger partial charge in [0.25, 0.3) is 11.1 Å². The standard InChI is InChI=1S/C20H28N4O2/c1-20(2,3)17-9-10-19(26)24(21-17)15-16-7-6-12-22(16)13-14-23-11-5-4-8-18(23)25/h4-5,8-11,16H,6-7,12-15H2,1-3H3. The van der Waals surface area contributed by atoms with E-state index in [0.717, 1.165) is 31.6 Å². The number of likely N-dealkylation sites (tertiary alicyclic amines) is 1. The van der Waals surface area contributed by atoms with Crippen LogP contribution < -0.4 is 11.1 Å². The fraction of sp³-hybridized carbons (Fsp3) is 0.550. The Bertz CT molecular complexity index is 863. The predicted octanol–water partition coefficient (Wildman–Crippen LogP) is 1.87. The minimum atomic E-state index is -0.0840. The molecular weight excluding hydrogens is 328 g/mol. The van der Waals surface area contributed by atoms with E-state index < -0.39 is 0 Å². The average Bonchev–Trinajstić information content (AvgIpc) is 3.02. The molecule has 0 aliphatic carbocycles. The van der Waals surface area contributed by atoms with Crippen LogP contribution in [0, 0.1) is 0 Å². The SMILES string of the molecule is CC(C)(C)c1ccc(=O)n(CC2CCCN2CCn2ccccc2=O)n1. The van der Waals surface area contributed by atoms with Gasteiger partial charge in [0.05, 0.1) is 12.2 Å². The molecule has 1 unspecified atom stereocenters. The summed E-state index contributed by atoms with van der Waals surface area (Å²) in [7, 11) is 0. The normalized spacial score (nSPS) is 18.3. The van der Waals surface area contributed by atoms with Gasteiger partial charge < -0.3 is 4.57 Å². The highest BCUT2D eigenvalue weighted by Gasteiger charge is 2.26. The maximum absolute atomic E-state index is 12.3. The van der Waals surface area contributed by atoms with Crippen molar-refractivity contribution in [3.63, 3.8) is 0 Å². The molecule has 6 heteroatoms. The third-order valence-corrected chi connectivity index (χ3v) is 5.04. The first kappa shape index (κ1) is 18.6. The van der Waals surface area contributed by atoms with Gasteiger partial charge in [-0.2, -0.15) is 5.10 Å². The predicted molar refractivity (Wildman–Crippen MR) is 102 cm³/mol. The van der Waals surface area contributed by atoms with Crippen LogP contribution in [-0.4, -0.2) is 38.4 Å². The number of hydrogen-bond donors (Lipinski definition) is 0. The van der Waals surface area contributed by atoms with Gasteiger partial charge in [0.2, 0.25) is 0 Å². The van der Waals surface area contributed by atoms with Crippen LogP contribution in [0.2, 0.25) is 0 Å². The highest BCUT2D eigenvalue weighted by Crippen LogP contribution is 2.20. The second-order valence-corrected chi connectivity index (χ2v) is 8.05. The van der Waals surface area contributed by atoms with Gasteiger partial charge in [-0.05, 0) is 31.5 Å². The molecule has 6 nitrogen and oxygen atoms in total. The second-order valence-electron chi connectivity index (χ2n) is 8.05. The number of hydrogen-bond acceptors (Lipinski definition) is 4. The van der Waals surface area contributed by atoms with Crippen LogP contribution in [-0.2, 0) is 18.5 Å². The molecule has 3 rings (SSSR count). The van der Waals surface area contributed by atoms with E-state index in [1.54, 1.807) is 27.4 Å². The Balaban J connectivity index is 1.70. The van der Waals surface area contributed by atoms with Crippen LogP contribution in [0.25, 0.3) is 0 Å². The molecule has 0 spiro atoms. The summed E-state index contributed by atoms with van der Waals surface area (Å²) in [6, 6.07) is 8.96. The molecule has 1 aliphatic rings. The first-order valence-electron chi connectivity index (χ1n) is 9.33. The van der Waals surface area contributed by atoms with Gasteiger partial charge in [0.1, 0.15) is 0 Å². The Morgan fingerprint density at radius 3 is 2.62 bits per heavy atom. The molecule has 26 heavy (non-hydrogen) atoms. The molecule has 0 amide bonds. The molecule has 1 aliphatic heterocycles. The van der Waals surface area contributed by atoms with Crippen molar-refractivity contribution in [1.82, 2.24) is 19.2 Å². The van der Waals surface area contributed by atoms with Crippen molar-refractivity contribution in [2.45, 2.75) is 58.2 Å². The molecule has 0 saturated carbocycles. The lowest BCUT2D eigenvalue weighted by Crippen LogP contribution is -2.39. The minimum Gasteiger partial charge on any atom is -0.314 e. The first-order valence-corrected chi connectivity index (χ1v) is 9.33.